The van der Waals surface area contributed by atoms with E-state index in [-0.39, 0.29) is 10.9 Å². The molecule has 5 heteroatoms. The van der Waals surface area contributed by atoms with Crippen LogP contribution in [0.15, 0.2) is 59.3 Å². The van der Waals surface area contributed by atoms with E-state index in [0.29, 0.717) is 30.4 Å². The van der Waals surface area contributed by atoms with Crippen molar-refractivity contribution in [3.8, 4) is 0 Å². The molecule has 0 unspecified atom stereocenters. The predicted molar refractivity (Wildman–Crippen MR) is 106 cm³/mol. The van der Waals surface area contributed by atoms with Crippen LogP contribution in [0.5, 0.6) is 0 Å². The highest BCUT2D eigenvalue weighted by molar-refractivity contribution is 6.52. The molecule has 2 aliphatic rings. The number of amides is 2. The first kappa shape index (κ1) is 17.8. The van der Waals surface area contributed by atoms with Crippen LogP contribution >= 0.6 is 11.6 Å². The Hall–Kier alpha value is -2.59. The highest BCUT2D eigenvalue weighted by Crippen LogP contribution is 2.34. The molecule has 0 radical (unpaired) electrons. The van der Waals surface area contributed by atoms with Crippen molar-refractivity contribution in [1.29, 1.82) is 0 Å². The maximum absolute atomic E-state index is 13.1. The smallest absolute Gasteiger partial charge is 0.283 e. The van der Waals surface area contributed by atoms with Gasteiger partial charge in [0.15, 0.2) is 0 Å². The number of carbonyl (C=O) groups excluding carboxylic acids is 2. The summed E-state index contributed by atoms with van der Waals surface area (Å²) in [4.78, 5) is 28.9. The molecule has 0 saturated carbocycles. The number of hydrogen-bond acceptors (Lipinski definition) is 3. The van der Waals surface area contributed by atoms with Crippen LogP contribution in [0.2, 0.25) is 0 Å². The third kappa shape index (κ3) is 3.04. The number of halogens is 1. The minimum absolute atomic E-state index is 0.00678. The van der Waals surface area contributed by atoms with Gasteiger partial charge in [0.05, 0.1) is 5.69 Å². The van der Waals surface area contributed by atoms with Gasteiger partial charge in [-0.1, -0.05) is 61.8 Å². The van der Waals surface area contributed by atoms with E-state index in [1.54, 1.807) is 0 Å². The average molecular weight is 381 g/mol. The zero-order chi connectivity index (χ0) is 19.1. The lowest BCUT2D eigenvalue weighted by Gasteiger charge is -2.31. The number of anilines is 1. The summed E-state index contributed by atoms with van der Waals surface area (Å²) in [7, 11) is 0. The van der Waals surface area contributed by atoms with Gasteiger partial charge in [-0.15, -0.1) is 0 Å². The molecule has 2 aliphatic heterocycles. The Balaban J connectivity index is 1.62. The standard InChI is InChI=1S/C22H21ClN2O2/c1-14(2)15-7-9-18(10-8-15)25-21(26)19(23)20(22(25)27)24-12-11-16-5-3-4-6-17(16)13-24/h3-10,14H,11-13H2,1-2H3. The average Bonchev–Trinajstić information content (AvgIpc) is 2.90. The van der Waals surface area contributed by atoms with Crippen molar-refractivity contribution in [2.24, 2.45) is 0 Å². The first-order valence-electron chi connectivity index (χ1n) is 9.17. The van der Waals surface area contributed by atoms with Crippen LogP contribution < -0.4 is 4.90 Å². The Labute approximate surface area is 164 Å². The summed E-state index contributed by atoms with van der Waals surface area (Å²) in [6.45, 7) is 5.46. The second-order valence-electron chi connectivity index (χ2n) is 7.29. The lowest BCUT2D eigenvalue weighted by molar-refractivity contribution is -0.121. The number of imide groups is 1. The van der Waals surface area contributed by atoms with Crippen LogP contribution in [0.4, 0.5) is 5.69 Å². The SMILES string of the molecule is CC(C)c1ccc(N2C(=O)C(Cl)=C(N3CCc4ccccc4C3)C2=O)cc1. The van der Waals surface area contributed by atoms with Gasteiger partial charge in [-0.25, -0.2) is 4.90 Å². The van der Waals surface area contributed by atoms with Crippen LogP contribution in [-0.2, 0) is 22.6 Å². The second kappa shape index (κ2) is 6.86. The summed E-state index contributed by atoms with van der Waals surface area (Å²) in [5.74, 6) is -0.413. The largest absolute Gasteiger partial charge is 0.361 e. The van der Waals surface area contributed by atoms with Gasteiger partial charge in [-0.2, -0.15) is 0 Å². The Kier molecular flexibility index (Phi) is 4.52. The van der Waals surface area contributed by atoms with E-state index >= 15 is 0 Å². The fraction of sp³-hybridized carbons (Fsp3) is 0.273. The topological polar surface area (TPSA) is 40.6 Å². The molecule has 0 atom stereocenters. The van der Waals surface area contributed by atoms with Crippen LogP contribution in [0.3, 0.4) is 0 Å². The van der Waals surface area contributed by atoms with Gasteiger partial charge >= 0.3 is 0 Å². The van der Waals surface area contributed by atoms with Crippen LogP contribution in [0, 0.1) is 0 Å². The molecule has 0 aromatic heterocycles. The minimum Gasteiger partial charge on any atom is -0.361 e. The Morgan fingerprint density at radius 1 is 0.926 bits per heavy atom. The molecule has 2 aromatic rings. The van der Waals surface area contributed by atoms with Crippen molar-refractivity contribution in [2.45, 2.75) is 32.7 Å². The van der Waals surface area contributed by atoms with Crippen molar-refractivity contribution in [2.75, 3.05) is 11.4 Å². The lowest BCUT2D eigenvalue weighted by atomic mass is 9.99. The number of rotatable bonds is 3. The summed E-state index contributed by atoms with van der Waals surface area (Å²) in [6.07, 6.45) is 0.828. The predicted octanol–water partition coefficient (Wildman–Crippen LogP) is 4.19. The Morgan fingerprint density at radius 2 is 1.59 bits per heavy atom. The molecule has 0 fully saturated rings. The maximum Gasteiger partial charge on any atom is 0.283 e. The summed E-state index contributed by atoms with van der Waals surface area (Å²) in [6, 6.07) is 15.7. The van der Waals surface area contributed by atoms with E-state index in [1.165, 1.54) is 16.0 Å². The first-order chi connectivity index (χ1) is 13.0. The van der Waals surface area contributed by atoms with E-state index in [4.69, 9.17) is 11.6 Å². The monoisotopic (exact) mass is 380 g/mol. The summed E-state index contributed by atoms with van der Waals surface area (Å²) < 4.78 is 0. The number of hydrogen-bond donors (Lipinski definition) is 0. The summed E-state index contributed by atoms with van der Waals surface area (Å²) >= 11 is 6.34. The first-order valence-corrected chi connectivity index (χ1v) is 9.55. The fourth-order valence-electron chi connectivity index (χ4n) is 3.69. The molecule has 0 bridgehead atoms. The fourth-order valence-corrected chi connectivity index (χ4v) is 3.98. The zero-order valence-electron chi connectivity index (χ0n) is 15.4. The number of benzene rings is 2. The highest BCUT2D eigenvalue weighted by Gasteiger charge is 2.41. The number of fused-ring (bicyclic) bond motifs is 1. The molecule has 2 amide bonds. The number of carbonyl (C=O) groups is 2. The molecular weight excluding hydrogens is 360 g/mol. The quantitative estimate of drug-likeness (QED) is 0.749. The maximum atomic E-state index is 13.1. The van der Waals surface area contributed by atoms with Crippen molar-refractivity contribution in [3.05, 3.63) is 76.0 Å². The molecular formula is C22H21ClN2O2. The van der Waals surface area contributed by atoms with Crippen LogP contribution in [0.1, 0.15) is 36.5 Å². The summed E-state index contributed by atoms with van der Waals surface area (Å²) in [5.41, 5.74) is 4.47. The van der Waals surface area contributed by atoms with Crippen molar-refractivity contribution >= 4 is 29.1 Å². The van der Waals surface area contributed by atoms with Crippen LogP contribution in [0.25, 0.3) is 0 Å². The third-order valence-electron chi connectivity index (χ3n) is 5.27. The zero-order valence-corrected chi connectivity index (χ0v) is 16.2. The van der Waals surface area contributed by atoms with E-state index in [9.17, 15) is 9.59 Å². The van der Waals surface area contributed by atoms with Crippen molar-refractivity contribution < 1.29 is 9.59 Å². The molecule has 4 nitrogen and oxygen atoms in total. The molecule has 4 rings (SSSR count). The van der Waals surface area contributed by atoms with Crippen molar-refractivity contribution in [1.82, 2.24) is 4.90 Å². The van der Waals surface area contributed by atoms with Gasteiger partial charge in [0.1, 0.15) is 10.7 Å². The second-order valence-corrected chi connectivity index (χ2v) is 7.67. The molecule has 0 spiro atoms. The Bertz CT molecular complexity index is 947. The molecule has 0 saturated heterocycles. The Morgan fingerprint density at radius 3 is 2.26 bits per heavy atom. The minimum atomic E-state index is -0.451. The number of nitrogens with zero attached hydrogens (tertiary/aromatic N) is 2. The van der Waals surface area contributed by atoms with E-state index in [1.807, 2.05) is 41.3 Å². The van der Waals surface area contributed by atoms with Crippen LogP contribution in [-0.4, -0.2) is 23.3 Å². The molecule has 138 valence electrons. The lowest BCUT2D eigenvalue weighted by Crippen LogP contribution is -2.37. The van der Waals surface area contributed by atoms with Gasteiger partial charge in [-0.3, -0.25) is 9.59 Å². The van der Waals surface area contributed by atoms with Gasteiger partial charge in [0.2, 0.25) is 0 Å². The highest BCUT2D eigenvalue weighted by atomic mass is 35.5. The molecule has 0 aliphatic carbocycles. The van der Waals surface area contributed by atoms with E-state index in [2.05, 4.69) is 26.0 Å². The van der Waals surface area contributed by atoms with E-state index < -0.39 is 5.91 Å². The van der Waals surface area contributed by atoms with Gasteiger partial charge in [0.25, 0.3) is 11.8 Å². The molecule has 0 N–H and O–H groups in total. The van der Waals surface area contributed by atoms with Gasteiger partial charge < -0.3 is 4.90 Å². The third-order valence-corrected chi connectivity index (χ3v) is 5.61. The van der Waals surface area contributed by atoms with Gasteiger partial charge in [-0.05, 0) is 41.2 Å². The van der Waals surface area contributed by atoms with Crippen molar-refractivity contribution in [3.63, 3.8) is 0 Å². The normalized spacial score (nSPS) is 17.2. The molecule has 2 heterocycles. The molecule has 27 heavy (non-hydrogen) atoms. The summed E-state index contributed by atoms with van der Waals surface area (Å²) in [5, 5.41) is 0.00678. The molecule has 2 aromatic carbocycles. The van der Waals surface area contributed by atoms with Gasteiger partial charge in [0, 0.05) is 13.1 Å². The van der Waals surface area contributed by atoms with E-state index in [0.717, 1.165) is 12.0 Å².